The summed E-state index contributed by atoms with van der Waals surface area (Å²) in [6.07, 6.45) is 2.69. The predicted molar refractivity (Wildman–Crippen MR) is 70.0 cm³/mol. The molecule has 1 atom stereocenters. The van der Waals surface area contributed by atoms with Crippen LogP contribution in [0, 0.1) is 6.92 Å². The van der Waals surface area contributed by atoms with Crippen LogP contribution in [0.15, 0.2) is 47.1 Å². The van der Waals surface area contributed by atoms with E-state index in [9.17, 15) is 0 Å². The van der Waals surface area contributed by atoms with Crippen molar-refractivity contribution in [3.05, 3.63) is 59.5 Å². The van der Waals surface area contributed by atoms with Gasteiger partial charge in [0, 0.05) is 0 Å². The van der Waals surface area contributed by atoms with Gasteiger partial charge in [-0.25, -0.2) is 0 Å². The van der Waals surface area contributed by atoms with Crippen LogP contribution in [0.3, 0.4) is 0 Å². The fourth-order valence-electron chi connectivity index (χ4n) is 1.97. The molecule has 1 heterocycles. The molecule has 0 amide bonds. The van der Waals surface area contributed by atoms with E-state index in [1.807, 2.05) is 12.1 Å². The van der Waals surface area contributed by atoms with Gasteiger partial charge < -0.3 is 9.73 Å². The standard InChI is InChI=1S/C15H19NO/c1-3-16-14(15-5-4-10-17-15)11-13-8-6-12(2)7-9-13/h4-10,14,16H,3,11H2,1-2H3. The normalized spacial score (nSPS) is 12.6. The molecule has 0 fully saturated rings. The van der Waals surface area contributed by atoms with E-state index in [1.54, 1.807) is 6.26 Å². The van der Waals surface area contributed by atoms with Gasteiger partial charge in [0.15, 0.2) is 0 Å². The number of nitrogens with one attached hydrogen (secondary N) is 1. The molecular weight excluding hydrogens is 210 g/mol. The van der Waals surface area contributed by atoms with E-state index in [4.69, 9.17) is 4.42 Å². The van der Waals surface area contributed by atoms with Crippen LogP contribution in [0.5, 0.6) is 0 Å². The maximum Gasteiger partial charge on any atom is 0.121 e. The van der Waals surface area contributed by atoms with Crippen LogP contribution < -0.4 is 5.32 Å². The first-order valence-electron chi connectivity index (χ1n) is 6.12. The van der Waals surface area contributed by atoms with Crippen molar-refractivity contribution >= 4 is 0 Å². The topological polar surface area (TPSA) is 25.2 Å². The summed E-state index contributed by atoms with van der Waals surface area (Å²) in [4.78, 5) is 0. The van der Waals surface area contributed by atoms with Crippen molar-refractivity contribution in [1.29, 1.82) is 0 Å². The molecule has 2 nitrogen and oxygen atoms in total. The Morgan fingerprint density at radius 3 is 2.53 bits per heavy atom. The van der Waals surface area contributed by atoms with E-state index in [1.165, 1.54) is 11.1 Å². The lowest BCUT2D eigenvalue weighted by atomic mass is 10.0. The van der Waals surface area contributed by atoms with Gasteiger partial charge in [-0.2, -0.15) is 0 Å². The third kappa shape index (κ3) is 3.21. The van der Waals surface area contributed by atoms with Gasteiger partial charge in [0.2, 0.25) is 0 Å². The quantitative estimate of drug-likeness (QED) is 0.849. The van der Waals surface area contributed by atoms with Gasteiger partial charge in [0.05, 0.1) is 12.3 Å². The highest BCUT2D eigenvalue weighted by molar-refractivity contribution is 5.23. The first kappa shape index (κ1) is 11.9. The van der Waals surface area contributed by atoms with Gasteiger partial charge in [0.1, 0.15) is 5.76 Å². The Morgan fingerprint density at radius 2 is 1.94 bits per heavy atom. The lowest BCUT2D eigenvalue weighted by Crippen LogP contribution is -2.22. The van der Waals surface area contributed by atoms with Gasteiger partial charge in [0.25, 0.3) is 0 Å². The smallest absolute Gasteiger partial charge is 0.121 e. The zero-order valence-corrected chi connectivity index (χ0v) is 10.4. The summed E-state index contributed by atoms with van der Waals surface area (Å²) in [5.74, 6) is 1.01. The van der Waals surface area contributed by atoms with Crippen molar-refractivity contribution < 1.29 is 4.42 Å². The molecule has 1 N–H and O–H groups in total. The second-order valence-electron chi connectivity index (χ2n) is 4.32. The predicted octanol–water partition coefficient (Wildman–Crippen LogP) is 3.48. The third-order valence-corrected chi connectivity index (χ3v) is 2.90. The van der Waals surface area contributed by atoms with Crippen LogP contribution in [-0.2, 0) is 6.42 Å². The summed E-state index contributed by atoms with van der Waals surface area (Å²) in [7, 11) is 0. The Labute approximate surface area is 103 Å². The Kier molecular flexibility index (Phi) is 3.99. The number of hydrogen-bond acceptors (Lipinski definition) is 2. The lowest BCUT2D eigenvalue weighted by molar-refractivity contribution is 0.416. The van der Waals surface area contributed by atoms with Crippen LogP contribution in [0.1, 0.15) is 29.9 Å². The number of furan rings is 1. The maximum atomic E-state index is 5.48. The van der Waals surface area contributed by atoms with Crippen LogP contribution in [0.2, 0.25) is 0 Å². The van der Waals surface area contributed by atoms with Gasteiger partial charge in [-0.3, -0.25) is 0 Å². The molecule has 1 aromatic heterocycles. The summed E-state index contributed by atoms with van der Waals surface area (Å²) >= 11 is 0. The SMILES string of the molecule is CCNC(Cc1ccc(C)cc1)c1ccco1. The van der Waals surface area contributed by atoms with E-state index < -0.39 is 0 Å². The summed E-state index contributed by atoms with van der Waals surface area (Å²) in [5.41, 5.74) is 2.63. The van der Waals surface area contributed by atoms with Crippen molar-refractivity contribution in [2.45, 2.75) is 26.3 Å². The summed E-state index contributed by atoms with van der Waals surface area (Å²) in [6, 6.07) is 12.9. The summed E-state index contributed by atoms with van der Waals surface area (Å²) in [5, 5.41) is 3.45. The monoisotopic (exact) mass is 229 g/mol. The van der Waals surface area contributed by atoms with Crippen LogP contribution in [0.25, 0.3) is 0 Å². The number of hydrogen-bond donors (Lipinski definition) is 1. The van der Waals surface area contributed by atoms with Crippen molar-refractivity contribution in [2.75, 3.05) is 6.54 Å². The van der Waals surface area contributed by atoms with Gasteiger partial charge in [-0.15, -0.1) is 0 Å². The number of benzene rings is 1. The fourth-order valence-corrected chi connectivity index (χ4v) is 1.97. The van der Waals surface area contributed by atoms with Gasteiger partial charge >= 0.3 is 0 Å². The van der Waals surface area contributed by atoms with E-state index in [0.29, 0.717) is 0 Å². The first-order valence-corrected chi connectivity index (χ1v) is 6.12. The van der Waals surface area contributed by atoms with E-state index in [2.05, 4.69) is 43.4 Å². The molecule has 0 saturated heterocycles. The zero-order chi connectivity index (χ0) is 12.1. The molecule has 2 heteroatoms. The fraction of sp³-hybridized carbons (Fsp3) is 0.333. The second kappa shape index (κ2) is 5.69. The molecule has 90 valence electrons. The lowest BCUT2D eigenvalue weighted by Gasteiger charge is -2.15. The maximum absolute atomic E-state index is 5.48. The van der Waals surface area contributed by atoms with Crippen LogP contribution >= 0.6 is 0 Å². The molecule has 0 aliphatic heterocycles. The molecule has 0 saturated carbocycles. The highest BCUT2D eigenvalue weighted by Gasteiger charge is 2.13. The molecule has 1 aromatic carbocycles. The Hall–Kier alpha value is -1.54. The van der Waals surface area contributed by atoms with Crippen molar-refractivity contribution in [3.63, 3.8) is 0 Å². The molecule has 0 aliphatic rings. The minimum atomic E-state index is 0.262. The molecule has 0 spiro atoms. The Balaban J connectivity index is 2.10. The molecular formula is C15H19NO. The molecule has 0 aliphatic carbocycles. The van der Waals surface area contributed by atoms with Crippen LogP contribution in [-0.4, -0.2) is 6.54 Å². The number of aryl methyl sites for hydroxylation is 1. The highest BCUT2D eigenvalue weighted by Crippen LogP contribution is 2.19. The van der Waals surface area contributed by atoms with Gasteiger partial charge in [-0.1, -0.05) is 36.8 Å². The first-order chi connectivity index (χ1) is 8.29. The van der Waals surface area contributed by atoms with E-state index in [0.717, 1.165) is 18.7 Å². The average molecular weight is 229 g/mol. The van der Waals surface area contributed by atoms with E-state index in [-0.39, 0.29) is 6.04 Å². The summed E-state index contributed by atoms with van der Waals surface area (Å²) < 4.78 is 5.48. The summed E-state index contributed by atoms with van der Waals surface area (Å²) in [6.45, 7) is 5.17. The van der Waals surface area contributed by atoms with Crippen molar-refractivity contribution in [3.8, 4) is 0 Å². The van der Waals surface area contributed by atoms with Crippen molar-refractivity contribution in [2.24, 2.45) is 0 Å². The Bertz CT molecular complexity index is 430. The molecule has 2 rings (SSSR count). The van der Waals surface area contributed by atoms with Crippen molar-refractivity contribution in [1.82, 2.24) is 5.32 Å². The largest absolute Gasteiger partial charge is 0.468 e. The highest BCUT2D eigenvalue weighted by atomic mass is 16.3. The molecule has 17 heavy (non-hydrogen) atoms. The van der Waals surface area contributed by atoms with Gasteiger partial charge in [-0.05, 0) is 37.6 Å². The average Bonchev–Trinajstić information content (AvgIpc) is 2.85. The minimum absolute atomic E-state index is 0.262. The molecule has 0 bridgehead atoms. The zero-order valence-electron chi connectivity index (χ0n) is 10.4. The second-order valence-corrected chi connectivity index (χ2v) is 4.32. The molecule has 0 radical (unpaired) electrons. The van der Waals surface area contributed by atoms with E-state index >= 15 is 0 Å². The minimum Gasteiger partial charge on any atom is -0.468 e. The number of rotatable bonds is 5. The third-order valence-electron chi connectivity index (χ3n) is 2.90. The van der Waals surface area contributed by atoms with Crippen LogP contribution in [0.4, 0.5) is 0 Å². The molecule has 1 unspecified atom stereocenters. The Morgan fingerprint density at radius 1 is 1.18 bits per heavy atom. The molecule has 2 aromatic rings. The number of likely N-dealkylation sites (N-methyl/N-ethyl adjacent to an activating group) is 1.